The highest BCUT2D eigenvalue weighted by Crippen LogP contribution is 2.71. The third kappa shape index (κ3) is 4.97. The van der Waals surface area contributed by atoms with Crippen LogP contribution in [0.2, 0.25) is 0 Å². The molecule has 9 atom stereocenters. The number of rotatable bonds is 5. The first-order valence-electron chi connectivity index (χ1n) is 21.4. The van der Waals surface area contributed by atoms with Crippen LogP contribution in [0.1, 0.15) is 152 Å². The van der Waals surface area contributed by atoms with Crippen LogP contribution < -0.4 is 5.43 Å². The Balaban J connectivity index is 1.16. The molecule has 3 N–H and O–H groups in total. The van der Waals surface area contributed by atoms with E-state index in [0.717, 1.165) is 84.8 Å². The van der Waals surface area contributed by atoms with E-state index in [9.17, 15) is 19.8 Å². The monoisotopic (exact) mass is 761 g/mol. The van der Waals surface area contributed by atoms with Gasteiger partial charge in [0.15, 0.2) is 5.78 Å². The van der Waals surface area contributed by atoms with E-state index < -0.39 is 34.9 Å². The molecular weight excluding hydrogens is 699 g/mol. The minimum absolute atomic E-state index is 0.0383. The lowest BCUT2D eigenvalue weighted by Crippen LogP contribution is -2.62. The normalized spacial score (nSPS) is 38.2. The quantitative estimate of drug-likeness (QED) is 0.160. The van der Waals surface area contributed by atoms with E-state index >= 15 is 0 Å². The van der Waals surface area contributed by atoms with Crippen LogP contribution in [0, 0.1) is 28.6 Å². The number of aliphatic hydroxyl groups excluding tert-OH is 2. The molecule has 8 heteroatoms. The second-order valence-corrected chi connectivity index (χ2v) is 20.5. The Hall–Kier alpha value is -3.30. The Morgan fingerprint density at radius 3 is 2.43 bits per heavy atom. The van der Waals surface area contributed by atoms with Gasteiger partial charge in [-0.1, -0.05) is 57.6 Å². The first kappa shape index (κ1) is 38.2. The molecule has 3 fully saturated rings. The number of amides is 1. The fourth-order valence-electron chi connectivity index (χ4n) is 13.8. The zero-order valence-electron chi connectivity index (χ0n) is 35.1. The Kier molecular flexibility index (Phi) is 8.44. The minimum Gasteiger partial charge on any atom is -0.392 e. The molecule has 3 aliphatic heterocycles. The number of hydrogen-bond acceptors (Lipinski definition) is 6. The molecule has 9 rings (SSSR count). The topological polar surface area (TPSA) is 104 Å². The number of nitrogens with zero attached hydrogens (tertiary/aromatic N) is 2. The van der Waals surface area contributed by atoms with Gasteiger partial charge in [0.05, 0.1) is 34.5 Å². The number of ketones is 1. The summed E-state index contributed by atoms with van der Waals surface area (Å²) in [6, 6.07) is 1.79. The molecule has 0 bridgehead atoms. The fourth-order valence-corrected chi connectivity index (χ4v) is 13.8. The van der Waals surface area contributed by atoms with Crippen LogP contribution in [0.15, 0.2) is 48.1 Å². The third-order valence-electron chi connectivity index (χ3n) is 16.4. The van der Waals surface area contributed by atoms with E-state index in [2.05, 4.69) is 83.3 Å². The van der Waals surface area contributed by atoms with E-state index in [4.69, 9.17) is 4.74 Å². The molecule has 1 saturated heterocycles. The highest BCUT2D eigenvalue weighted by molar-refractivity contribution is 6.18. The van der Waals surface area contributed by atoms with Crippen LogP contribution in [-0.2, 0) is 21.4 Å². The van der Waals surface area contributed by atoms with Crippen molar-refractivity contribution in [3.63, 3.8) is 0 Å². The molecule has 1 aromatic carbocycles. The number of fused-ring (bicyclic) bond motifs is 11. The molecule has 4 aliphatic carbocycles. The molecule has 9 unspecified atom stereocenters. The van der Waals surface area contributed by atoms with Crippen molar-refractivity contribution in [2.45, 2.75) is 149 Å². The molecule has 8 nitrogen and oxygen atoms in total. The summed E-state index contributed by atoms with van der Waals surface area (Å²) in [7, 11) is 0. The number of hydrogen-bond donors (Lipinski definition) is 3. The average molecular weight is 762 g/mol. The Labute approximate surface area is 333 Å². The molecular formula is C48H63N3O5. The molecule has 2 saturated carbocycles. The summed E-state index contributed by atoms with van der Waals surface area (Å²) in [6.45, 7) is 25.5. The maximum atomic E-state index is 15.0. The SMILES string of the molecule is C=C(C)C1C(=O)c2c3c(cc4c5c(n1c24)C1(C)C(CCC2C(C)(/C=C/C=C(\C)C(=O)NN4CCCCC4)C(O)CCC21C)C5)C1=CC(C)(C)OC(C)(C)C1C3O. The van der Waals surface area contributed by atoms with Gasteiger partial charge in [-0.25, -0.2) is 5.01 Å². The van der Waals surface area contributed by atoms with E-state index in [-0.39, 0.29) is 34.4 Å². The second-order valence-electron chi connectivity index (χ2n) is 20.5. The number of aliphatic hydroxyl groups is 2. The van der Waals surface area contributed by atoms with E-state index in [1.165, 1.54) is 17.7 Å². The molecule has 2 aromatic rings. The number of carbonyl (C=O) groups is 2. The predicted molar refractivity (Wildman–Crippen MR) is 221 cm³/mol. The molecule has 1 amide bonds. The van der Waals surface area contributed by atoms with Gasteiger partial charge in [-0.05, 0) is 133 Å². The minimum atomic E-state index is -0.853. The van der Waals surface area contributed by atoms with Crippen LogP contribution in [0.25, 0.3) is 16.5 Å². The van der Waals surface area contributed by atoms with Crippen molar-refractivity contribution in [2.75, 3.05) is 13.1 Å². The molecule has 300 valence electrons. The molecule has 7 aliphatic rings. The number of aromatic nitrogens is 1. The van der Waals surface area contributed by atoms with Gasteiger partial charge in [0, 0.05) is 52.1 Å². The first-order valence-corrected chi connectivity index (χ1v) is 21.4. The Morgan fingerprint density at radius 1 is 1.02 bits per heavy atom. The zero-order valence-corrected chi connectivity index (χ0v) is 35.1. The van der Waals surface area contributed by atoms with Gasteiger partial charge in [0.1, 0.15) is 6.04 Å². The van der Waals surface area contributed by atoms with Crippen molar-refractivity contribution in [1.82, 2.24) is 15.0 Å². The van der Waals surface area contributed by atoms with Gasteiger partial charge < -0.3 is 19.5 Å². The summed E-state index contributed by atoms with van der Waals surface area (Å²) in [5, 5.41) is 27.3. The summed E-state index contributed by atoms with van der Waals surface area (Å²) in [5.74, 6) is 0.261. The zero-order chi connectivity index (χ0) is 40.1. The Morgan fingerprint density at radius 2 is 1.73 bits per heavy atom. The summed E-state index contributed by atoms with van der Waals surface area (Å²) >= 11 is 0. The second kappa shape index (κ2) is 12.4. The van der Waals surface area contributed by atoms with Gasteiger partial charge in [-0.3, -0.25) is 15.0 Å². The van der Waals surface area contributed by atoms with Gasteiger partial charge in [-0.2, -0.15) is 0 Å². The summed E-state index contributed by atoms with van der Waals surface area (Å²) < 4.78 is 8.93. The van der Waals surface area contributed by atoms with E-state index in [1.54, 1.807) is 0 Å². The number of nitrogens with one attached hydrogen (secondary N) is 1. The Bertz CT molecular complexity index is 2180. The smallest absolute Gasteiger partial charge is 0.261 e. The number of ether oxygens (including phenoxy) is 1. The fraction of sp³-hybridized carbons (Fsp3) is 0.625. The largest absolute Gasteiger partial charge is 0.392 e. The highest BCUT2D eigenvalue weighted by Gasteiger charge is 2.68. The standard InChI is InChI=1S/C48H63N3O5/c1-26(2)38-41(54)36-35-29(32-25-44(4,5)56-45(6,7)37(32)40(35)53)24-30-31-23-28-16-17-33-46(8,19-14-15-27(3)43(55)49-50-21-12-11-13-22-50)34(52)18-20-47(33,9)48(28,10)42(31)51(38)39(30)36/h14-15,19,24-25,28,33-34,37-38,40,52-53H,1,11-13,16-18,20-23H2,2-10H3,(H,49,55)/b19-14+,27-15+. The number of piperidine rings is 1. The molecule has 1 aromatic heterocycles. The number of allylic oxidation sites excluding steroid dienone is 3. The number of carbonyl (C=O) groups excluding carboxylic acids is 2. The average Bonchev–Trinajstić information content (AvgIpc) is 3.79. The van der Waals surface area contributed by atoms with Crippen molar-refractivity contribution in [1.29, 1.82) is 0 Å². The van der Waals surface area contributed by atoms with Crippen molar-refractivity contribution in [3.8, 4) is 0 Å². The van der Waals surface area contributed by atoms with Crippen molar-refractivity contribution >= 4 is 28.2 Å². The maximum absolute atomic E-state index is 15.0. The van der Waals surface area contributed by atoms with Crippen molar-refractivity contribution in [3.05, 3.63) is 76.0 Å². The highest BCUT2D eigenvalue weighted by atomic mass is 16.5. The predicted octanol–water partition coefficient (Wildman–Crippen LogP) is 8.62. The van der Waals surface area contributed by atoms with Gasteiger partial charge >= 0.3 is 0 Å². The summed E-state index contributed by atoms with van der Waals surface area (Å²) in [5.41, 5.74) is 9.55. The summed E-state index contributed by atoms with van der Waals surface area (Å²) in [6.07, 6.45) is 14.9. The first-order chi connectivity index (χ1) is 26.3. The van der Waals surface area contributed by atoms with Crippen molar-refractivity contribution < 1.29 is 24.5 Å². The van der Waals surface area contributed by atoms with Crippen LogP contribution in [0.5, 0.6) is 0 Å². The van der Waals surface area contributed by atoms with Crippen molar-refractivity contribution in [2.24, 2.45) is 28.6 Å². The van der Waals surface area contributed by atoms with Gasteiger partial charge in [0.25, 0.3) is 5.91 Å². The number of benzene rings is 1. The lowest BCUT2D eigenvalue weighted by Gasteiger charge is -2.64. The van der Waals surface area contributed by atoms with E-state index in [0.29, 0.717) is 23.5 Å². The van der Waals surface area contributed by atoms with E-state index in [1.807, 2.05) is 31.0 Å². The summed E-state index contributed by atoms with van der Waals surface area (Å²) in [4.78, 5) is 28.0. The van der Waals surface area contributed by atoms with Crippen LogP contribution in [0.4, 0.5) is 0 Å². The van der Waals surface area contributed by atoms with Crippen LogP contribution in [-0.4, -0.2) is 61.9 Å². The molecule has 56 heavy (non-hydrogen) atoms. The maximum Gasteiger partial charge on any atom is 0.261 e. The molecule has 0 radical (unpaired) electrons. The lowest BCUT2D eigenvalue weighted by atomic mass is 9.40. The molecule has 4 heterocycles. The molecule has 0 spiro atoms. The lowest BCUT2D eigenvalue weighted by molar-refractivity contribution is -0.144. The van der Waals surface area contributed by atoms with Crippen LogP contribution in [0.3, 0.4) is 0 Å². The third-order valence-corrected chi connectivity index (χ3v) is 16.4. The number of hydrazine groups is 1. The van der Waals surface area contributed by atoms with Gasteiger partial charge in [-0.15, -0.1) is 0 Å². The van der Waals surface area contributed by atoms with Gasteiger partial charge in [0.2, 0.25) is 0 Å². The number of Topliss-reactive ketones (excluding diaryl/α,β-unsaturated/α-hetero) is 1. The van der Waals surface area contributed by atoms with Crippen LogP contribution >= 0.6 is 0 Å².